The van der Waals surface area contributed by atoms with Gasteiger partial charge in [-0.25, -0.2) is 4.79 Å². The molecule has 0 radical (unpaired) electrons. The van der Waals surface area contributed by atoms with Crippen molar-refractivity contribution in [2.75, 3.05) is 19.8 Å². The molecule has 1 amide bonds. The Kier molecular flexibility index (Phi) is 5.37. The minimum absolute atomic E-state index is 0.143. The molecule has 6 nitrogen and oxygen atoms in total. The average Bonchev–Trinajstić information content (AvgIpc) is 2.47. The minimum atomic E-state index is -1.15. The first kappa shape index (κ1) is 15.3. The Labute approximate surface area is 118 Å². The summed E-state index contributed by atoms with van der Waals surface area (Å²) in [5, 5.41) is 12.1. The van der Waals surface area contributed by atoms with Crippen LogP contribution in [0.25, 0.3) is 0 Å². The molecule has 2 heterocycles. The van der Waals surface area contributed by atoms with E-state index in [2.05, 4.69) is 5.32 Å². The summed E-state index contributed by atoms with van der Waals surface area (Å²) in [5.41, 5.74) is -1.15. The highest BCUT2D eigenvalue weighted by Crippen LogP contribution is 2.22. The summed E-state index contributed by atoms with van der Waals surface area (Å²) < 4.78 is 10.8. The normalized spacial score (nSPS) is 25.9. The van der Waals surface area contributed by atoms with Gasteiger partial charge in [0.25, 0.3) is 0 Å². The molecule has 0 aliphatic carbocycles. The quantitative estimate of drug-likeness (QED) is 0.789. The second-order valence-corrected chi connectivity index (χ2v) is 5.58. The molecule has 0 aromatic heterocycles. The maximum absolute atomic E-state index is 12.0. The largest absolute Gasteiger partial charge is 0.480 e. The Hall–Kier alpha value is -1.14. The van der Waals surface area contributed by atoms with Crippen molar-refractivity contribution in [1.82, 2.24) is 5.32 Å². The molecule has 0 spiro atoms. The van der Waals surface area contributed by atoms with E-state index in [1.807, 2.05) is 0 Å². The number of hydrogen-bond acceptors (Lipinski definition) is 4. The molecule has 2 aliphatic rings. The van der Waals surface area contributed by atoms with Crippen molar-refractivity contribution < 1.29 is 24.2 Å². The first-order chi connectivity index (χ1) is 9.62. The average molecular weight is 285 g/mol. The van der Waals surface area contributed by atoms with E-state index in [-0.39, 0.29) is 12.0 Å². The van der Waals surface area contributed by atoms with Crippen LogP contribution >= 0.6 is 0 Å². The number of ether oxygens (including phenoxy) is 2. The number of carboxylic acid groups (broad SMARTS) is 1. The Morgan fingerprint density at radius 2 is 1.95 bits per heavy atom. The standard InChI is InChI=1S/C14H23NO5/c16-12(5-4-11-3-1-2-8-20-11)15-14(13(17)18)6-9-19-10-7-14/h11H,1-10H2,(H,15,16)(H,17,18). The third kappa shape index (κ3) is 3.93. The second-order valence-electron chi connectivity index (χ2n) is 5.58. The predicted octanol–water partition coefficient (Wildman–Crippen LogP) is 1.09. The lowest BCUT2D eigenvalue weighted by Gasteiger charge is -2.34. The van der Waals surface area contributed by atoms with Crippen molar-refractivity contribution in [3.63, 3.8) is 0 Å². The zero-order valence-electron chi connectivity index (χ0n) is 11.7. The monoisotopic (exact) mass is 285 g/mol. The van der Waals surface area contributed by atoms with E-state index in [1.165, 1.54) is 0 Å². The molecule has 114 valence electrons. The number of carbonyl (C=O) groups excluding carboxylic acids is 1. The van der Waals surface area contributed by atoms with Gasteiger partial charge < -0.3 is 19.9 Å². The Balaban J connectivity index is 1.80. The van der Waals surface area contributed by atoms with Crippen molar-refractivity contribution in [3.05, 3.63) is 0 Å². The minimum Gasteiger partial charge on any atom is -0.480 e. The van der Waals surface area contributed by atoms with Crippen LogP contribution in [0.5, 0.6) is 0 Å². The number of nitrogens with one attached hydrogen (secondary N) is 1. The Morgan fingerprint density at radius 1 is 1.20 bits per heavy atom. The molecule has 6 heteroatoms. The Morgan fingerprint density at radius 3 is 2.55 bits per heavy atom. The van der Waals surface area contributed by atoms with E-state index in [0.29, 0.717) is 38.9 Å². The first-order valence-corrected chi connectivity index (χ1v) is 7.36. The third-order valence-corrected chi connectivity index (χ3v) is 4.10. The molecule has 1 unspecified atom stereocenters. The molecule has 20 heavy (non-hydrogen) atoms. The van der Waals surface area contributed by atoms with Gasteiger partial charge >= 0.3 is 5.97 Å². The summed E-state index contributed by atoms with van der Waals surface area (Å²) in [6, 6.07) is 0. The van der Waals surface area contributed by atoms with E-state index in [1.54, 1.807) is 0 Å². The lowest BCUT2D eigenvalue weighted by Crippen LogP contribution is -2.57. The molecule has 0 aromatic rings. The summed E-state index contributed by atoms with van der Waals surface area (Å²) in [5.74, 6) is -1.17. The van der Waals surface area contributed by atoms with Gasteiger partial charge in [0.05, 0.1) is 6.10 Å². The summed E-state index contributed by atoms with van der Waals surface area (Å²) in [6.07, 6.45) is 5.00. The Bertz CT molecular complexity index is 345. The van der Waals surface area contributed by atoms with Gasteiger partial charge in [0, 0.05) is 39.1 Å². The number of amides is 1. The summed E-state index contributed by atoms with van der Waals surface area (Å²) in [6.45, 7) is 1.51. The number of aliphatic carboxylic acids is 1. The van der Waals surface area contributed by atoms with Crippen molar-refractivity contribution in [1.29, 1.82) is 0 Å². The van der Waals surface area contributed by atoms with E-state index in [0.717, 1.165) is 25.9 Å². The summed E-state index contributed by atoms with van der Waals surface area (Å²) in [7, 11) is 0. The molecule has 0 saturated carbocycles. The number of carboxylic acids is 1. The zero-order chi connectivity index (χ0) is 14.4. The van der Waals surface area contributed by atoms with Gasteiger partial charge in [-0.1, -0.05) is 0 Å². The molecule has 2 fully saturated rings. The van der Waals surface area contributed by atoms with E-state index in [4.69, 9.17) is 9.47 Å². The fourth-order valence-corrected chi connectivity index (χ4v) is 2.77. The lowest BCUT2D eigenvalue weighted by molar-refractivity contribution is -0.152. The topological polar surface area (TPSA) is 84.9 Å². The van der Waals surface area contributed by atoms with Gasteiger partial charge in [-0.15, -0.1) is 0 Å². The van der Waals surface area contributed by atoms with Crippen LogP contribution in [0.15, 0.2) is 0 Å². The zero-order valence-corrected chi connectivity index (χ0v) is 11.7. The van der Waals surface area contributed by atoms with Gasteiger partial charge in [-0.05, 0) is 25.7 Å². The molecule has 2 saturated heterocycles. The molecule has 2 N–H and O–H groups in total. The molecular formula is C14H23NO5. The van der Waals surface area contributed by atoms with Crippen LogP contribution in [-0.4, -0.2) is 48.4 Å². The van der Waals surface area contributed by atoms with E-state index in [9.17, 15) is 14.7 Å². The van der Waals surface area contributed by atoms with E-state index < -0.39 is 11.5 Å². The van der Waals surface area contributed by atoms with E-state index >= 15 is 0 Å². The van der Waals surface area contributed by atoms with Gasteiger partial charge in [0.1, 0.15) is 5.54 Å². The van der Waals surface area contributed by atoms with Crippen molar-refractivity contribution in [2.24, 2.45) is 0 Å². The first-order valence-electron chi connectivity index (χ1n) is 7.36. The fourth-order valence-electron chi connectivity index (χ4n) is 2.77. The molecule has 2 rings (SSSR count). The van der Waals surface area contributed by atoms with Crippen LogP contribution < -0.4 is 5.32 Å². The maximum atomic E-state index is 12.0. The van der Waals surface area contributed by atoms with Crippen LogP contribution in [0.2, 0.25) is 0 Å². The fraction of sp³-hybridized carbons (Fsp3) is 0.857. The highest BCUT2D eigenvalue weighted by Gasteiger charge is 2.41. The number of hydrogen-bond donors (Lipinski definition) is 2. The number of carbonyl (C=O) groups is 2. The number of rotatable bonds is 5. The van der Waals surface area contributed by atoms with Crippen LogP contribution in [-0.2, 0) is 19.1 Å². The predicted molar refractivity (Wildman–Crippen MR) is 71.4 cm³/mol. The van der Waals surface area contributed by atoms with Crippen LogP contribution in [0, 0.1) is 0 Å². The second kappa shape index (κ2) is 7.04. The molecular weight excluding hydrogens is 262 g/mol. The van der Waals surface area contributed by atoms with Crippen LogP contribution in [0.4, 0.5) is 0 Å². The van der Waals surface area contributed by atoms with Gasteiger partial charge in [0.2, 0.25) is 5.91 Å². The highest BCUT2D eigenvalue weighted by molar-refractivity contribution is 5.87. The highest BCUT2D eigenvalue weighted by atomic mass is 16.5. The van der Waals surface area contributed by atoms with Crippen molar-refractivity contribution >= 4 is 11.9 Å². The third-order valence-electron chi connectivity index (χ3n) is 4.10. The van der Waals surface area contributed by atoms with Crippen molar-refractivity contribution in [2.45, 2.75) is 56.6 Å². The molecule has 2 aliphatic heterocycles. The SMILES string of the molecule is O=C(CCC1CCCCO1)NC1(C(=O)O)CCOCC1. The molecule has 0 bridgehead atoms. The summed E-state index contributed by atoms with van der Waals surface area (Å²) in [4.78, 5) is 23.4. The van der Waals surface area contributed by atoms with Crippen molar-refractivity contribution in [3.8, 4) is 0 Å². The maximum Gasteiger partial charge on any atom is 0.329 e. The molecule has 1 atom stereocenters. The van der Waals surface area contributed by atoms with Gasteiger partial charge in [0.15, 0.2) is 0 Å². The van der Waals surface area contributed by atoms with Crippen LogP contribution in [0.1, 0.15) is 44.9 Å². The summed E-state index contributed by atoms with van der Waals surface area (Å²) >= 11 is 0. The lowest BCUT2D eigenvalue weighted by atomic mass is 9.89. The van der Waals surface area contributed by atoms with Gasteiger partial charge in [-0.2, -0.15) is 0 Å². The molecule has 0 aromatic carbocycles. The van der Waals surface area contributed by atoms with Crippen LogP contribution in [0.3, 0.4) is 0 Å². The smallest absolute Gasteiger partial charge is 0.329 e. The van der Waals surface area contributed by atoms with Gasteiger partial charge in [-0.3, -0.25) is 4.79 Å².